The Morgan fingerprint density at radius 3 is 2.67 bits per heavy atom. The van der Waals surface area contributed by atoms with Gasteiger partial charge in [0.1, 0.15) is 0 Å². The normalized spacial score (nSPS) is 24.2. The van der Waals surface area contributed by atoms with Crippen molar-refractivity contribution < 1.29 is 13.2 Å². The van der Waals surface area contributed by atoms with Gasteiger partial charge in [0.25, 0.3) is 0 Å². The SMILES string of the molecule is COCc1cc(N2CCNC[C@H]2C)ccc1N1CCS(=O)(=O)CC1. The fraction of sp³-hybridized carbons (Fsp3) is 0.647. The summed E-state index contributed by atoms with van der Waals surface area (Å²) in [5, 5.41) is 3.41. The van der Waals surface area contributed by atoms with E-state index in [0.29, 0.717) is 25.7 Å². The molecule has 1 N–H and O–H groups in total. The molecule has 0 bridgehead atoms. The number of nitrogens with zero attached hydrogens (tertiary/aromatic N) is 2. The number of methoxy groups -OCH3 is 1. The lowest BCUT2D eigenvalue weighted by molar-refractivity contribution is 0.185. The Morgan fingerprint density at radius 2 is 2.00 bits per heavy atom. The number of anilines is 2. The molecule has 1 aromatic rings. The van der Waals surface area contributed by atoms with Crippen molar-refractivity contribution >= 4 is 21.2 Å². The van der Waals surface area contributed by atoms with Gasteiger partial charge in [0.2, 0.25) is 0 Å². The average molecular weight is 353 g/mol. The van der Waals surface area contributed by atoms with Gasteiger partial charge in [-0.1, -0.05) is 0 Å². The van der Waals surface area contributed by atoms with Gasteiger partial charge in [-0.15, -0.1) is 0 Å². The Labute approximate surface area is 144 Å². The topological polar surface area (TPSA) is 61.9 Å². The molecule has 0 saturated carbocycles. The lowest BCUT2D eigenvalue weighted by Crippen LogP contribution is -2.50. The van der Waals surface area contributed by atoms with E-state index in [1.807, 2.05) is 0 Å². The van der Waals surface area contributed by atoms with E-state index >= 15 is 0 Å². The van der Waals surface area contributed by atoms with Crippen LogP contribution in [-0.2, 0) is 21.2 Å². The number of rotatable bonds is 4. The first-order valence-electron chi connectivity index (χ1n) is 8.55. The molecule has 6 nitrogen and oxygen atoms in total. The van der Waals surface area contributed by atoms with E-state index in [2.05, 4.69) is 40.2 Å². The van der Waals surface area contributed by atoms with E-state index in [-0.39, 0.29) is 11.5 Å². The highest BCUT2D eigenvalue weighted by Gasteiger charge is 2.24. The highest BCUT2D eigenvalue weighted by Crippen LogP contribution is 2.29. The summed E-state index contributed by atoms with van der Waals surface area (Å²) in [7, 11) is -1.17. The van der Waals surface area contributed by atoms with E-state index in [4.69, 9.17) is 4.74 Å². The van der Waals surface area contributed by atoms with Crippen LogP contribution in [0.4, 0.5) is 11.4 Å². The van der Waals surface area contributed by atoms with Crippen molar-refractivity contribution in [2.75, 3.05) is 61.1 Å². The molecule has 2 fully saturated rings. The van der Waals surface area contributed by atoms with Gasteiger partial charge >= 0.3 is 0 Å². The molecule has 0 amide bonds. The van der Waals surface area contributed by atoms with Crippen molar-refractivity contribution in [1.29, 1.82) is 0 Å². The standard InChI is InChI=1S/C17H27N3O3S/c1-14-12-18-5-6-20(14)16-3-4-17(15(11-16)13-23-2)19-7-9-24(21,22)10-8-19/h3-4,11,14,18H,5-10,12-13H2,1-2H3/t14-/m1/s1. The summed E-state index contributed by atoms with van der Waals surface area (Å²) in [6.45, 7) is 6.86. The Kier molecular flexibility index (Phi) is 5.32. The number of benzene rings is 1. The first kappa shape index (κ1) is 17.5. The van der Waals surface area contributed by atoms with Crippen LogP contribution in [-0.4, -0.2) is 65.8 Å². The van der Waals surface area contributed by atoms with Gasteiger partial charge in [-0.2, -0.15) is 0 Å². The second kappa shape index (κ2) is 7.29. The van der Waals surface area contributed by atoms with Gasteiger partial charge in [0, 0.05) is 62.8 Å². The van der Waals surface area contributed by atoms with Crippen LogP contribution in [0.15, 0.2) is 18.2 Å². The molecule has 0 spiro atoms. The summed E-state index contributed by atoms with van der Waals surface area (Å²) in [6.07, 6.45) is 0. The zero-order valence-corrected chi connectivity index (χ0v) is 15.3. The van der Waals surface area contributed by atoms with E-state index in [1.165, 1.54) is 5.69 Å². The fourth-order valence-electron chi connectivity index (χ4n) is 3.51. The van der Waals surface area contributed by atoms with Gasteiger partial charge in [0.05, 0.1) is 18.1 Å². The number of hydrogen-bond donors (Lipinski definition) is 1. The first-order valence-corrected chi connectivity index (χ1v) is 10.4. The number of hydrogen-bond acceptors (Lipinski definition) is 6. The Balaban J connectivity index is 1.84. The van der Waals surface area contributed by atoms with Crippen molar-refractivity contribution in [3.8, 4) is 0 Å². The van der Waals surface area contributed by atoms with Crippen molar-refractivity contribution in [2.24, 2.45) is 0 Å². The van der Waals surface area contributed by atoms with Gasteiger partial charge in [-0.05, 0) is 25.1 Å². The highest BCUT2D eigenvalue weighted by atomic mass is 32.2. The summed E-state index contributed by atoms with van der Waals surface area (Å²) >= 11 is 0. The maximum atomic E-state index is 11.7. The van der Waals surface area contributed by atoms with E-state index in [0.717, 1.165) is 30.9 Å². The minimum absolute atomic E-state index is 0.232. The maximum absolute atomic E-state index is 11.7. The monoisotopic (exact) mass is 353 g/mol. The van der Waals surface area contributed by atoms with Crippen LogP contribution in [0.25, 0.3) is 0 Å². The second-order valence-electron chi connectivity index (χ2n) is 6.63. The lowest BCUT2D eigenvalue weighted by atomic mass is 10.1. The molecule has 2 aliphatic rings. The van der Waals surface area contributed by atoms with Crippen molar-refractivity contribution in [1.82, 2.24) is 5.32 Å². The predicted molar refractivity (Wildman–Crippen MR) is 97.7 cm³/mol. The molecule has 1 aromatic carbocycles. The molecule has 24 heavy (non-hydrogen) atoms. The second-order valence-corrected chi connectivity index (χ2v) is 8.94. The summed E-state index contributed by atoms with van der Waals surface area (Å²) in [6, 6.07) is 6.93. The highest BCUT2D eigenvalue weighted by molar-refractivity contribution is 7.91. The Morgan fingerprint density at radius 1 is 1.25 bits per heavy atom. The number of ether oxygens (including phenoxy) is 1. The lowest BCUT2D eigenvalue weighted by Gasteiger charge is -2.37. The molecule has 0 aliphatic carbocycles. The number of sulfone groups is 1. The molecular weight excluding hydrogens is 326 g/mol. The number of piperazine rings is 1. The molecule has 1 atom stereocenters. The third kappa shape index (κ3) is 3.84. The van der Waals surface area contributed by atoms with Crippen molar-refractivity contribution in [3.63, 3.8) is 0 Å². The van der Waals surface area contributed by atoms with Gasteiger partial charge in [-0.25, -0.2) is 8.42 Å². The number of nitrogens with one attached hydrogen (secondary N) is 1. The van der Waals surface area contributed by atoms with Crippen LogP contribution in [0.1, 0.15) is 12.5 Å². The zero-order valence-electron chi connectivity index (χ0n) is 14.5. The smallest absolute Gasteiger partial charge is 0.153 e. The van der Waals surface area contributed by atoms with Crippen LogP contribution in [0.5, 0.6) is 0 Å². The molecule has 3 rings (SSSR count). The molecule has 134 valence electrons. The fourth-order valence-corrected chi connectivity index (χ4v) is 4.71. The molecule has 0 unspecified atom stereocenters. The minimum Gasteiger partial charge on any atom is -0.380 e. The van der Waals surface area contributed by atoms with E-state index in [1.54, 1.807) is 7.11 Å². The molecule has 2 heterocycles. The van der Waals surface area contributed by atoms with Crippen molar-refractivity contribution in [3.05, 3.63) is 23.8 Å². The molecule has 2 saturated heterocycles. The van der Waals surface area contributed by atoms with Crippen LogP contribution in [0.2, 0.25) is 0 Å². The summed E-state index contributed by atoms with van der Waals surface area (Å²) in [5.74, 6) is 0.464. The average Bonchev–Trinajstić information content (AvgIpc) is 2.56. The molecule has 0 radical (unpaired) electrons. The van der Waals surface area contributed by atoms with Crippen LogP contribution < -0.4 is 15.1 Å². The first-order chi connectivity index (χ1) is 11.5. The molecular formula is C17H27N3O3S. The third-order valence-corrected chi connectivity index (χ3v) is 6.49. The van der Waals surface area contributed by atoms with Crippen molar-refractivity contribution in [2.45, 2.75) is 19.6 Å². The predicted octanol–water partition coefficient (Wildman–Crippen LogP) is 0.866. The van der Waals surface area contributed by atoms with Gasteiger partial charge in [-0.3, -0.25) is 0 Å². The quantitative estimate of drug-likeness (QED) is 0.867. The van der Waals surface area contributed by atoms with Crippen LogP contribution in [0, 0.1) is 0 Å². The minimum atomic E-state index is -2.87. The van der Waals surface area contributed by atoms with Crippen LogP contribution in [0.3, 0.4) is 0 Å². The third-order valence-electron chi connectivity index (χ3n) is 4.88. The van der Waals surface area contributed by atoms with Gasteiger partial charge in [0.15, 0.2) is 9.84 Å². The van der Waals surface area contributed by atoms with E-state index < -0.39 is 9.84 Å². The molecule has 0 aromatic heterocycles. The summed E-state index contributed by atoms with van der Waals surface area (Å²) in [4.78, 5) is 4.58. The Bertz CT molecular complexity index is 664. The zero-order chi connectivity index (χ0) is 17.2. The Hall–Kier alpha value is -1.31. The summed E-state index contributed by atoms with van der Waals surface area (Å²) in [5.41, 5.74) is 3.43. The van der Waals surface area contributed by atoms with Gasteiger partial charge < -0.3 is 19.9 Å². The summed E-state index contributed by atoms with van der Waals surface area (Å²) < 4.78 is 28.7. The molecule has 7 heteroatoms. The van der Waals surface area contributed by atoms with Crippen LogP contribution >= 0.6 is 0 Å². The maximum Gasteiger partial charge on any atom is 0.153 e. The van der Waals surface area contributed by atoms with E-state index in [9.17, 15) is 8.42 Å². The molecule has 2 aliphatic heterocycles. The largest absolute Gasteiger partial charge is 0.380 e.